The minimum Gasteiger partial charge on any atom is -0.341 e. The zero-order chi connectivity index (χ0) is 18.7. The highest BCUT2D eigenvalue weighted by molar-refractivity contribution is 6.35. The topological polar surface area (TPSA) is 49.4 Å². The molecule has 1 N–H and O–H groups in total. The molecule has 1 aromatic carbocycles. The molecule has 3 unspecified atom stereocenters. The summed E-state index contributed by atoms with van der Waals surface area (Å²) in [7, 11) is 0. The number of carbonyl (C=O) groups is 2. The van der Waals surface area contributed by atoms with Gasteiger partial charge in [0.15, 0.2) is 0 Å². The van der Waals surface area contributed by atoms with Crippen molar-refractivity contribution in [1.82, 2.24) is 10.2 Å². The average Bonchev–Trinajstić information content (AvgIpc) is 2.65. The highest BCUT2D eigenvalue weighted by Gasteiger charge is 2.33. The van der Waals surface area contributed by atoms with E-state index >= 15 is 0 Å². The van der Waals surface area contributed by atoms with Crippen LogP contribution >= 0.6 is 0 Å². The van der Waals surface area contributed by atoms with Crippen LogP contribution in [0, 0.1) is 0 Å². The van der Waals surface area contributed by atoms with Crippen molar-refractivity contribution in [3.05, 3.63) is 34.9 Å². The Morgan fingerprint density at radius 1 is 1.08 bits per heavy atom. The van der Waals surface area contributed by atoms with Crippen molar-refractivity contribution in [3.8, 4) is 0 Å². The van der Waals surface area contributed by atoms with Crippen molar-refractivity contribution >= 4 is 11.8 Å². The number of hydrogen-bond donors (Lipinski definition) is 1. The van der Waals surface area contributed by atoms with Crippen LogP contribution in [0.5, 0.6) is 0 Å². The highest BCUT2D eigenvalue weighted by atomic mass is 16.2. The molecule has 0 aromatic heterocycles. The molecule has 142 valence electrons. The van der Waals surface area contributed by atoms with Crippen molar-refractivity contribution in [1.29, 1.82) is 0 Å². The molecule has 3 atom stereocenters. The largest absolute Gasteiger partial charge is 0.341 e. The molecular weight excluding hydrogens is 324 g/mol. The Morgan fingerprint density at radius 2 is 1.73 bits per heavy atom. The predicted octanol–water partition coefficient (Wildman–Crippen LogP) is 3.92. The van der Waals surface area contributed by atoms with Crippen molar-refractivity contribution in [2.75, 3.05) is 0 Å². The third-order valence-corrected chi connectivity index (χ3v) is 6.11. The summed E-state index contributed by atoms with van der Waals surface area (Å²) in [5.74, 6) is -0.837. The van der Waals surface area contributed by atoms with Crippen molar-refractivity contribution < 1.29 is 9.59 Å². The van der Waals surface area contributed by atoms with Gasteiger partial charge >= 0.3 is 11.8 Å². The summed E-state index contributed by atoms with van der Waals surface area (Å²) >= 11 is 0. The van der Waals surface area contributed by atoms with Gasteiger partial charge in [-0.1, -0.05) is 25.1 Å². The maximum absolute atomic E-state index is 12.7. The smallest absolute Gasteiger partial charge is 0.312 e. The fourth-order valence-corrected chi connectivity index (χ4v) is 4.55. The van der Waals surface area contributed by atoms with E-state index < -0.39 is 5.91 Å². The van der Waals surface area contributed by atoms with E-state index in [0.717, 1.165) is 44.1 Å². The first-order valence-electron chi connectivity index (χ1n) is 10.3. The number of hydrogen-bond acceptors (Lipinski definition) is 2. The fraction of sp³-hybridized carbons (Fsp3) is 0.636. The predicted molar refractivity (Wildman–Crippen MR) is 104 cm³/mol. The van der Waals surface area contributed by atoms with Gasteiger partial charge in [0, 0.05) is 12.1 Å². The molecule has 1 aliphatic heterocycles. The van der Waals surface area contributed by atoms with Crippen LogP contribution < -0.4 is 5.32 Å². The van der Waals surface area contributed by atoms with E-state index in [-0.39, 0.29) is 24.0 Å². The summed E-state index contributed by atoms with van der Waals surface area (Å²) in [5, 5.41) is 3.00. The molecule has 0 spiro atoms. The zero-order valence-electron chi connectivity index (χ0n) is 16.4. The maximum Gasteiger partial charge on any atom is 0.312 e. The molecule has 1 aromatic rings. The number of rotatable bonds is 3. The molecular formula is C22H32N2O2. The average molecular weight is 357 g/mol. The van der Waals surface area contributed by atoms with E-state index in [1.165, 1.54) is 24.0 Å². The van der Waals surface area contributed by atoms with Gasteiger partial charge in [-0.3, -0.25) is 9.59 Å². The Labute approximate surface area is 157 Å². The van der Waals surface area contributed by atoms with Crippen LogP contribution in [0.1, 0.15) is 82.0 Å². The van der Waals surface area contributed by atoms with Crippen molar-refractivity contribution in [2.24, 2.45) is 0 Å². The molecule has 1 saturated heterocycles. The number of benzene rings is 1. The summed E-state index contributed by atoms with van der Waals surface area (Å²) in [6, 6.07) is 6.74. The normalized spacial score (nSPS) is 23.9. The summed E-state index contributed by atoms with van der Waals surface area (Å²) in [6.07, 6.45) is 8.64. The first-order valence-corrected chi connectivity index (χ1v) is 10.3. The van der Waals surface area contributed by atoms with Gasteiger partial charge in [0.05, 0.1) is 6.04 Å². The number of amides is 2. The first-order chi connectivity index (χ1) is 12.5. The van der Waals surface area contributed by atoms with Crippen LogP contribution in [0.4, 0.5) is 0 Å². The SMILES string of the molecule is CCC(NC(=O)C(=O)N1C(C)CCCC1C)c1ccc2c(c1)CCCC2. The molecule has 4 nitrogen and oxygen atoms in total. The molecule has 1 aliphatic carbocycles. The van der Waals surface area contributed by atoms with Gasteiger partial charge in [-0.25, -0.2) is 0 Å². The van der Waals surface area contributed by atoms with Crippen LogP contribution in [0.15, 0.2) is 18.2 Å². The summed E-state index contributed by atoms with van der Waals surface area (Å²) < 4.78 is 0. The Kier molecular flexibility index (Phi) is 6.00. The lowest BCUT2D eigenvalue weighted by Crippen LogP contribution is -2.53. The van der Waals surface area contributed by atoms with E-state index in [1.807, 2.05) is 13.8 Å². The van der Waals surface area contributed by atoms with E-state index in [1.54, 1.807) is 4.90 Å². The van der Waals surface area contributed by atoms with Gasteiger partial charge in [0.2, 0.25) is 0 Å². The fourth-order valence-electron chi connectivity index (χ4n) is 4.55. The number of nitrogens with zero attached hydrogens (tertiary/aromatic N) is 1. The van der Waals surface area contributed by atoms with Gasteiger partial charge in [-0.2, -0.15) is 0 Å². The second-order valence-corrected chi connectivity index (χ2v) is 8.01. The van der Waals surface area contributed by atoms with Crippen LogP contribution in [-0.2, 0) is 22.4 Å². The Morgan fingerprint density at radius 3 is 2.38 bits per heavy atom. The van der Waals surface area contributed by atoms with E-state index in [0.29, 0.717) is 0 Å². The Bertz CT molecular complexity index is 660. The number of likely N-dealkylation sites (tertiary alicyclic amines) is 1. The lowest BCUT2D eigenvalue weighted by molar-refractivity contribution is -0.150. The monoisotopic (exact) mass is 356 g/mol. The summed E-state index contributed by atoms with van der Waals surface area (Å²) in [6.45, 7) is 6.14. The Hall–Kier alpha value is -1.84. The van der Waals surface area contributed by atoms with Gasteiger partial charge in [0.1, 0.15) is 0 Å². The molecule has 0 bridgehead atoms. The third kappa shape index (κ3) is 3.94. The highest BCUT2D eigenvalue weighted by Crippen LogP contribution is 2.27. The molecule has 1 fully saturated rings. The van der Waals surface area contributed by atoms with Crippen LogP contribution in [-0.4, -0.2) is 28.8 Å². The second-order valence-electron chi connectivity index (χ2n) is 8.01. The lowest BCUT2D eigenvalue weighted by Gasteiger charge is -2.38. The number of aryl methyl sites for hydroxylation is 2. The Balaban J connectivity index is 1.71. The first kappa shape index (κ1) is 18.9. The number of nitrogens with one attached hydrogen (secondary N) is 1. The third-order valence-electron chi connectivity index (χ3n) is 6.11. The maximum atomic E-state index is 12.7. The molecule has 0 radical (unpaired) electrons. The zero-order valence-corrected chi connectivity index (χ0v) is 16.4. The van der Waals surface area contributed by atoms with Crippen LogP contribution in [0.3, 0.4) is 0 Å². The molecule has 3 rings (SSSR count). The molecule has 2 aliphatic rings. The van der Waals surface area contributed by atoms with Crippen molar-refractivity contribution in [2.45, 2.75) is 90.3 Å². The van der Waals surface area contributed by atoms with Gasteiger partial charge in [-0.15, -0.1) is 0 Å². The van der Waals surface area contributed by atoms with Gasteiger partial charge < -0.3 is 10.2 Å². The van der Waals surface area contributed by atoms with Gasteiger partial charge in [0.25, 0.3) is 0 Å². The molecule has 2 amide bonds. The summed E-state index contributed by atoms with van der Waals surface area (Å²) in [5.41, 5.74) is 3.97. The van der Waals surface area contributed by atoms with Crippen molar-refractivity contribution in [3.63, 3.8) is 0 Å². The number of fused-ring (bicyclic) bond motifs is 1. The molecule has 0 saturated carbocycles. The van der Waals surface area contributed by atoms with E-state index in [2.05, 4.69) is 30.4 Å². The molecule has 4 heteroatoms. The van der Waals surface area contributed by atoms with Gasteiger partial charge in [-0.05, 0) is 81.9 Å². The van der Waals surface area contributed by atoms with Crippen LogP contribution in [0.25, 0.3) is 0 Å². The number of piperidine rings is 1. The molecule has 26 heavy (non-hydrogen) atoms. The summed E-state index contributed by atoms with van der Waals surface area (Å²) in [4.78, 5) is 27.2. The van der Waals surface area contributed by atoms with E-state index in [4.69, 9.17) is 0 Å². The molecule has 1 heterocycles. The standard InChI is InChI=1S/C22H32N2O2/c1-4-20(19-13-12-17-10-5-6-11-18(17)14-19)23-21(25)22(26)24-15(2)8-7-9-16(24)3/h12-16,20H,4-11H2,1-3H3,(H,23,25). The van der Waals surface area contributed by atoms with E-state index in [9.17, 15) is 9.59 Å². The minimum absolute atomic E-state index is 0.103. The van der Waals surface area contributed by atoms with Crippen LogP contribution in [0.2, 0.25) is 0 Å². The quantitative estimate of drug-likeness (QED) is 0.835. The lowest BCUT2D eigenvalue weighted by atomic mass is 9.89. The number of carbonyl (C=O) groups excluding carboxylic acids is 2. The minimum atomic E-state index is -0.463. The second kappa shape index (κ2) is 8.24.